The van der Waals surface area contributed by atoms with Gasteiger partial charge < -0.3 is 5.73 Å². The third-order valence-electron chi connectivity index (χ3n) is 0.791. The van der Waals surface area contributed by atoms with Gasteiger partial charge in [-0.05, 0) is 18.4 Å². The van der Waals surface area contributed by atoms with Gasteiger partial charge in [-0.1, -0.05) is 12.2 Å². The molecule has 0 rings (SSSR count). The Morgan fingerprint density at radius 3 is 2.75 bits per heavy atom. The Hall–Kier alpha value is 0.0500. The first-order valence-electron chi connectivity index (χ1n) is 2.76. The van der Waals surface area contributed by atoms with Crippen molar-refractivity contribution in [2.24, 2.45) is 5.73 Å². The van der Waals surface area contributed by atoms with Gasteiger partial charge in [0.2, 0.25) is 0 Å². The normalized spacial score (nSPS) is 10.8. The molecule has 0 saturated heterocycles. The Balaban J connectivity index is 2.80. The van der Waals surface area contributed by atoms with Crippen LogP contribution in [0.25, 0.3) is 0 Å². The van der Waals surface area contributed by atoms with Crippen LogP contribution in [0.3, 0.4) is 0 Å². The fourth-order valence-corrected chi connectivity index (χ4v) is 0.772. The Labute approximate surface area is 55.3 Å². The van der Waals surface area contributed by atoms with Gasteiger partial charge in [-0.3, -0.25) is 0 Å². The molecule has 0 aromatic carbocycles. The third-order valence-corrected chi connectivity index (χ3v) is 1.44. The maximum Gasteiger partial charge on any atom is 0.0106 e. The monoisotopic (exact) mass is 131 g/mol. The minimum Gasteiger partial charge on any atom is -0.327 e. The van der Waals surface area contributed by atoms with Crippen LogP contribution in [-0.4, -0.2) is 18.6 Å². The maximum atomic E-state index is 5.22. The van der Waals surface area contributed by atoms with Gasteiger partial charge in [0.15, 0.2) is 0 Å². The maximum absolute atomic E-state index is 5.22. The average molecular weight is 131 g/mol. The van der Waals surface area contributed by atoms with Crippen LogP contribution >= 0.6 is 11.8 Å². The molecule has 0 aliphatic carbocycles. The van der Waals surface area contributed by atoms with E-state index in [2.05, 4.69) is 12.3 Å². The summed E-state index contributed by atoms with van der Waals surface area (Å²) in [6.07, 6.45) is 7.38. The summed E-state index contributed by atoms with van der Waals surface area (Å²) in [5, 5.41) is 0. The zero-order valence-corrected chi connectivity index (χ0v) is 6.08. The van der Waals surface area contributed by atoms with Crippen LogP contribution in [-0.2, 0) is 0 Å². The zero-order valence-electron chi connectivity index (χ0n) is 5.26. The molecule has 2 heteroatoms. The molecule has 1 nitrogen and oxygen atoms in total. The molecule has 2 N–H and O–H groups in total. The summed E-state index contributed by atoms with van der Waals surface area (Å²) in [5.41, 5.74) is 5.22. The molecule has 0 spiro atoms. The molecule has 0 fully saturated rings. The first-order valence-corrected chi connectivity index (χ1v) is 4.15. The van der Waals surface area contributed by atoms with Crippen molar-refractivity contribution in [1.82, 2.24) is 0 Å². The summed E-state index contributed by atoms with van der Waals surface area (Å²) < 4.78 is 0. The molecule has 0 atom stereocenters. The van der Waals surface area contributed by atoms with Crippen molar-refractivity contribution >= 4 is 11.8 Å². The molecule has 0 saturated carbocycles. The van der Waals surface area contributed by atoms with Crippen LogP contribution < -0.4 is 5.73 Å². The van der Waals surface area contributed by atoms with E-state index in [0.29, 0.717) is 6.54 Å². The topological polar surface area (TPSA) is 26.0 Å². The molecule has 0 unspecified atom stereocenters. The third kappa shape index (κ3) is 6.05. The standard InChI is InChI=1S/C6H13NS/c1-8-6-4-2-3-5-7/h2-3H,4-7H2,1H3. The predicted molar refractivity (Wildman–Crippen MR) is 41.2 cm³/mol. The van der Waals surface area contributed by atoms with E-state index in [1.807, 2.05) is 17.8 Å². The number of thioether (sulfide) groups is 1. The van der Waals surface area contributed by atoms with E-state index in [1.165, 1.54) is 5.75 Å². The number of hydrogen-bond donors (Lipinski definition) is 1. The summed E-state index contributed by atoms with van der Waals surface area (Å²) in [7, 11) is 0. The van der Waals surface area contributed by atoms with Crippen molar-refractivity contribution in [3.05, 3.63) is 12.2 Å². The first-order chi connectivity index (χ1) is 3.91. The second-order valence-corrected chi connectivity index (χ2v) is 2.47. The number of allylic oxidation sites excluding steroid dienone is 1. The van der Waals surface area contributed by atoms with Gasteiger partial charge in [-0.15, -0.1) is 0 Å². The van der Waals surface area contributed by atoms with Gasteiger partial charge >= 0.3 is 0 Å². The van der Waals surface area contributed by atoms with E-state index in [1.54, 1.807) is 0 Å². The SMILES string of the molecule is CSCCC=CCN. The van der Waals surface area contributed by atoms with E-state index in [0.717, 1.165) is 6.42 Å². The lowest BCUT2D eigenvalue weighted by molar-refractivity contribution is 1.19. The van der Waals surface area contributed by atoms with Crippen molar-refractivity contribution < 1.29 is 0 Å². The van der Waals surface area contributed by atoms with Gasteiger partial charge in [0.25, 0.3) is 0 Å². The van der Waals surface area contributed by atoms with Crippen LogP contribution in [0, 0.1) is 0 Å². The van der Waals surface area contributed by atoms with Crippen LogP contribution in [0.1, 0.15) is 6.42 Å². The van der Waals surface area contributed by atoms with E-state index in [-0.39, 0.29) is 0 Å². The zero-order chi connectivity index (χ0) is 6.24. The largest absolute Gasteiger partial charge is 0.327 e. The Morgan fingerprint density at radius 2 is 2.25 bits per heavy atom. The smallest absolute Gasteiger partial charge is 0.0106 e. The van der Waals surface area contributed by atoms with Gasteiger partial charge in [-0.2, -0.15) is 11.8 Å². The minimum atomic E-state index is 0.675. The molecule has 0 heterocycles. The molecular weight excluding hydrogens is 118 g/mol. The molecule has 0 aromatic heterocycles. The highest BCUT2D eigenvalue weighted by molar-refractivity contribution is 7.98. The molecule has 0 bridgehead atoms. The van der Waals surface area contributed by atoms with E-state index in [4.69, 9.17) is 5.73 Å². The van der Waals surface area contributed by atoms with E-state index < -0.39 is 0 Å². The Bertz CT molecular complexity index is 61.5. The van der Waals surface area contributed by atoms with Gasteiger partial charge in [0, 0.05) is 6.54 Å². The van der Waals surface area contributed by atoms with Crippen molar-refractivity contribution in [2.75, 3.05) is 18.6 Å². The molecule has 0 aromatic rings. The lowest BCUT2D eigenvalue weighted by Gasteiger charge is -1.85. The number of nitrogens with two attached hydrogens (primary N) is 1. The van der Waals surface area contributed by atoms with Gasteiger partial charge in [0.1, 0.15) is 0 Å². The van der Waals surface area contributed by atoms with Gasteiger partial charge in [-0.25, -0.2) is 0 Å². The fraction of sp³-hybridized carbons (Fsp3) is 0.667. The number of hydrogen-bond acceptors (Lipinski definition) is 2. The van der Waals surface area contributed by atoms with E-state index >= 15 is 0 Å². The van der Waals surface area contributed by atoms with Crippen LogP contribution in [0.4, 0.5) is 0 Å². The summed E-state index contributed by atoms with van der Waals surface area (Å²) in [6.45, 7) is 0.675. The molecule has 0 aliphatic heterocycles. The molecular formula is C6H13NS. The lowest BCUT2D eigenvalue weighted by Crippen LogP contribution is -1.92. The highest BCUT2D eigenvalue weighted by atomic mass is 32.2. The van der Waals surface area contributed by atoms with Crippen molar-refractivity contribution in [1.29, 1.82) is 0 Å². The Morgan fingerprint density at radius 1 is 1.50 bits per heavy atom. The number of rotatable bonds is 4. The molecule has 0 radical (unpaired) electrons. The molecule has 48 valence electrons. The summed E-state index contributed by atoms with van der Waals surface area (Å²) in [5.74, 6) is 1.20. The quantitative estimate of drug-likeness (QED) is 0.459. The summed E-state index contributed by atoms with van der Waals surface area (Å²) in [4.78, 5) is 0. The average Bonchev–Trinajstić information content (AvgIpc) is 1.81. The minimum absolute atomic E-state index is 0.675. The van der Waals surface area contributed by atoms with Crippen LogP contribution in [0.15, 0.2) is 12.2 Å². The highest BCUT2D eigenvalue weighted by Gasteiger charge is 1.74. The van der Waals surface area contributed by atoms with Crippen molar-refractivity contribution in [3.8, 4) is 0 Å². The van der Waals surface area contributed by atoms with E-state index in [9.17, 15) is 0 Å². The van der Waals surface area contributed by atoms with Crippen LogP contribution in [0.2, 0.25) is 0 Å². The first kappa shape index (κ1) is 8.05. The van der Waals surface area contributed by atoms with Crippen LogP contribution in [0.5, 0.6) is 0 Å². The van der Waals surface area contributed by atoms with Crippen molar-refractivity contribution in [3.63, 3.8) is 0 Å². The van der Waals surface area contributed by atoms with Crippen molar-refractivity contribution in [2.45, 2.75) is 6.42 Å². The second kappa shape index (κ2) is 7.05. The fourth-order valence-electron chi connectivity index (χ4n) is 0.400. The molecule has 0 amide bonds. The van der Waals surface area contributed by atoms with Gasteiger partial charge in [0.05, 0.1) is 0 Å². The molecule has 8 heavy (non-hydrogen) atoms. The predicted octanol–water partition coefficient (Wildman–Crippen LogP) is 1.25. The Kier molecular flexibility index (Phi) is 7.09. The lowest BCUT2D eigenvalue weighted by atomic mass is 10.4. The summed E-state index contributed by atoms with van der Waals surface area (Å²) in [6, 6.07) is 0. The highest BCUT2D eigenvalue weighted by Crippen LogP contribution is 1.94. The summed E-state index contributed by atoms with van der Waals surface area (Å²) >= 11 is 1.86. The second-order valence-electron chi connectivity index (χ2n) is 1.49. The molecule has 0 aliphatic rings.